The number of carboxylic acid groups (broad SMARTS) is 1. The Labute approximate surface area is 168 Å². The van der Waals surface area contributed by atoms with Crippen LogP contribution in [0.5, 0.6) is 0 Å². The van der Waals surface area contributed by atoms with Gasteiger partial charge in [0.15, 0.2) is 0 Å². The molecule has 3 N–H and O–H groups in total. The van der Waals surface area contributed by atoms with Crippen molar-refractivity contribution in [3.63, 3.8) is 0 Å². The Morgan fingerprint density at radius 3 is 2.59 bits per heavy atom. The molecule has 0 radical (unpaired) electrons. The number of rotatable bonds is 9. The number of ether oxygens (including phenoxy) is 1. The minimum absolute atomic E-state index is 0.191. The van der Waals surface area contributed by atoms with Crippen molar-refractivity contribution in [3.8, 4) is 0 Å². The second-order valence-electron chi connectivity index (χ2n) is 6.60. The van der Waals surface area contributed by atoms with Crippen molar-refractivity contribution in [1.82, 2.24) is 20.2 Å². The molecule has 1 aromatic heterocycles. The third kappa shape index (κ3) is 6.24. The summed E-state index contributed by atoms with van der Waals surface area (Å²) in [4.78, 5) is 32.5. The van der Waals surface area contributed by atoms with E-state index in [9.17, 15) is 9.59 Å². The van der Waals surface area contributed by atoms with Gasteiger partial charge >= 0.3 is 12.2 Å². The largest absolute Gasteiger partial charge is 0.465 e. The topological polar surface area (TPSA) is 108 Å². The molecule has 0 saturated carbocycles. The fourth-order valence-corrected chi connectivity index (χ4v) is 2.93. The van der Waals surface area contributed by atoms with E-state index < -0.39 is 12.2 Å². The molecule has 8 heteroatoms. The van der Waals surface area contributed by atoms with E-state index in [-0.39, 0.29) is 13.2 Å². The third-order valence-electron chi connectivity index (χ3n) is 4.37. The second kappa shape index (κ2) is 10.1. The van der Waals surface area contributed by atoms with Gasteiger partial charge in [0, 0.05) is 13.1 Å². The van der Waals surface area contributed by atoms with Crippen LogP contribution >= 0.6 is 0 Å². The van der Waals surface area contributed by atoms with Crippen LogP contribution in [0.4, 0.5) is 9.59 Å². The van der Waals surface area contributed by atoms with Crippen molar-refractivity contribution in [2.45, 2.75) is 26.0 Å². The highest BCUT2D eigenvalue weighted by Gasteiger charge is 2.17. The smallest absolute Gasteiger partial charge is 0.410 e. The lowest BCUT2D eigenvalue weighted by molar-refractivity contribution is 0.0921. The molecule has 3 aromatic rings. The Morgan fingerprint density at radius 2 is 1.83 bits per heavy atom. The van der Waals surface area contributed by atoms with Crippen molar-refractivity contribution in [2.75, 3.05) is 13.1 Å². The number of imidazole rings is 1. The second-order valence-corrected chi connectivity index (χ2v) is 6.60. The maximum Gasteiger partial charge on any atom is 0.410 e. The van der Waals surface area contributed by atoms with Crippen molar-refractivity contribution < 1.29 is 19.4 Å². The van der Waals surface area contributed by atoms with Gasteiger partial charge in [-0.1, -0.05) is 42.5 Å². The number of H-pyrrole nitrogens is 1. The van der Waals surface area contributed by atoms with E-state index in [0.717, 1.165) is 16.6 Å². The maximum atomic E-state index is 12.7. The summed E-state index contributed by atoms with van der Waals surface area (Å²) in [6, 6.07) is 17.2. The van der Waals surface area contributed by atoms with E-state index in [2.05, 4.69) is 15.3 Å². The highest BCUT2D eigenvalue weighted by molar-refractivity contribution is 5.75. The van der Waals surface area contributed by atoms with Gasteiger partial charge in [0.25, 0.3) is 0 Å². The van der Waals surface area contributed by atoms with Crippen LogP contribution in [-0.2, 0) is 17.9 Å². The summed E-state index contributed by atoms with van der Waals surface area (Å²) in [5.74, 6) is 0.673. The van der Waals surface area contributed by atoms with Gasteiger partial charge in [0.1, 0.15) is 12.4 Å². The van der Waals surface area contributed by atoms with Gasteiger partial charge in [-0.05, 0) is 30.5 Å². The fourth-order valence-electron chi connectivity index (χ4n) is 2.93. The summed E-state index contributed by atoms with van der Waals surface area (Å²) in [7, 11) is 0. The number of aromatic nitrogens is 2. The molecule has 3 rings (SSSR count). The number of hydrogen-bond donors (Lipinski definition) is 3. The van der Waals surface area contributed by atoms with Gasteiger partial charge in [0.2, 0.25) is 0 Å². The van der Waals surface area contributed by atoms with Crippen LogP contribution in [-0.4, -0.2) is 45.3 Å². The van der Waals surface area contributed by atoms with Gasteiger partial charge in [-0.15, -0.1) is 0 Å². The van der Waals surface area contributed by atoms with Gasteiger partial charge in [-0.25, -0.2) is 14.6 Å². The zero-order chi connectivity index (χ0) is 20.5. The third-order valence-corrected chi connectivity index (χ3v) is 4.37. The summed E-state index contributed by atoms with van der Waals surface area (Å²) in [6.07, 6.45) is -0.220. The first-order valence-corrected chi connectivity index (χ1v) is 9.48. The molecule has 152 valence electrons. The normalized spacial score (nSPS) is 10.6. The monoisotopic (exact) mass is 396 g/mol. The number of amides is 2. The minimum atomic E-state index is -1.05. The van der Waals surface area contributed by atoms with Crippen LogP contribution < -0.4 is 5.32 Å². The fraction of sp³-hybridized carbons (Fsp3) is 0.286. The summed E-state index contributed by atoms with van der Waals surface area (Å²) < 4.78 is 5.47. The maximum absolute atomic E-state index is 12.7. The van der Waals surface area contributed by atoms with Crippen LogP contribution in [0.15, 0.2) is 54.6 Å². The molecule has 29 heavy (non-hydrogen) atoms. The Morgan fingerprint density at radius 1 is 1.07 bits per heavy atom. The Balaban J connectivity index is 1.61. The predicted molar refractivity (Wildman–Crippen MR) is 108 cm³/mol. The van der Waals surface area contributed by atoms with Gasteiger partial charge < -0.3 is 25.0 Å². The molecule has 0 unspecified atom stereocenters. The van der Waals surface area contributed by atoms with Crippen molar-refractivity contribution in [2.24, 2.45) is 0 Å². The Kier molecular flexibility index (Phi) is 7.05. The average Bonchev–Trinajstić information content (AvgIpc) is 3.14. The molecule has 0 aliphatic carbocycles. The van der Waals surface area contributed by atoms with Crippen molar-refractivity contribution >= 4 is 23.2 Å². The molecule has 0 atom stereocenters. The van der Waals surface area contributed by atoms with Gasteiger partial charge in [-0.2, -0.15) is 0 Å². The van der Waals surface area contributed by atoms with E-state index in [1.54, 1.807) is 4.90 Å². The molecule has 0 spiro atoms. The summed E-state index contributed by atoms with van der Waals surface area (Å²) in [6.45, 7) is 1.25. The molecule has 2 aromatic carbocycles. The van der Waals surface area contributed by atoms with E-state index in [1.807, 2.05) is 54.6 Å². The first kappa shape index (κ1) is 20.2. The zero-order valence-electron chi connectivity index (χ0n) is 16.0. The first-order chi connectivity index (χ1) is 14.1. The number of nitrogens with zero attached hydrogens (tertiary/aromatic N) is 2. The number of carbonyl (C=O) groups excluding carboxylic acids is 1. The van der Waals surface area contributed by atoms with E-state index in [1.165, 1.54) is 0 Å². The number of carbonyl (C=O) groups is 2. The highest BCUT2D eigenvalue weighted by atomic mass is 16.6. The number of hydrogen-bond acceptors (Lipinski definition) is 4. The highest BCUT2D eigenvalue weighted by Crippen LogP contribution is 2.13. The van der Waals surface area contributed by atoms with Crippen LogP contribution in [0.3, 0.4) is 0 Å². The SMILES string of the molecule is O=C(O)NCCCCN(Cc1nc2ccccc2[nH]1)C(=O)OCc1ccccc1. The van der Waals surface area contributed by atoms with Crippen LogP contribution in [0.2, 0.25) is 0 Å². The molecular formula is C21H24N4O4. The van der Waals surface area contributed by atoms with E-state index >= 15 is 0 Å². The summed E-state index contributed by atoms with van der Waals surface area (Å²) in [5, 5.41) is 11.0. The number of unbranched alkanes of at least 4 members (excludes halogenated alkanes) is 1. The molecule has 8 nitrogen and oxygen atoms in total. The van der Waals surface area contributed by atoms with Gasteiger partial charge in [0.05, 0.1) is 17.6 Å². The van der Waals surface area contributed by atoms with Crippen LogP contribution in [0.1, 0.15) is 24.2 Å². The lowest BCUT2D eigenvalue weighted by atomic mass is 10.2. The number of aromatic amines is 1. The molecule has 1 heterocycles. The van der Waals surface area contributed by atoms with Crippen LogP contribution in [0, 0.1) is 0 Å². The molecule has 0 aliphatic rings. The van der Waals surface area contributed by atoms with Crippen LogP contribution in [0.25, 0.3) is 11.0 Å². The Bertz CT molecular complexity index is 909. The van der Waals surface area contributed by atoms with Crippen molar-refractivity contribution in [3.05, 3.63) is 66.0 Å². The average molecular weight is 396 g/mol. The van der Waals surface area contributed by atoms with E-state index in [0.29, 0.717) is 31.8 Å². The first-order valence-electron chi connectivity index (χ1n) is 9.48. The molecule has 0 bridgehead atoms. The summed E-state index contributed by atoms with van der Waals surface area (Å²) in [5.41, 5.74) is 2.66. The minimum Gasteiger partial charge on any atom is -0.465 e. The predicted octanol–water partition coefficient (Wildman–Crippen LogP) is 3.75. The molecule has 0 aliphatic heterocycles. The zero-order valence-corrected chi connectivity index (χ0v) is 16.0. The lowest BCUT2D eigenvalue weighted by Gasteiger charge is -2.21. The molecule has 0 fully saturated rings. The molecular weight excluding hydrogens is 372 g/mol. The number of fused-ring (bicyclic) bond motifs is 1. The molecule has 0 saturated heterocycles. The lowest BCUT2D eigenvalue weighted by Crippen LogP contribution is -2.33. The Hall–Kier alpha value is -3.55. The number of nitrogens with one attached hydrogen (secondary N) is 2. The molecule has 2 amide bonds. The number of benzene rings is 2. The van der Waals surface area contributed by atoms with Crippen molar-refractivity contribution in [1.29, 1.82) is 0 Å². The number of para-hydroxylation sites is 2. The summed E-state index contributed by atoms with van der Waals surface area (Å²) >= 11 is 0. The van der Waals surface area contributed by atoms with Gasteiger partial charge in [-0.3, -0.25) is 0 Å². The van der Waals surface area contributed by atoms with E-state index in [4.69, 9.17) is 9.84 Å². The standard InChI is InChI=1S/C21H24N4O4/c26-20(27)22-12-6-7-13-25(21(28)29-15-16-8-2-1-3-9-16)14-19-23-17-10-4-5-11-18(17)24-19/h1-5,8-11,22H,6-7,12-15H2,(H,23,24)(H,26,27). The quantitative estimate of drug-likeness (QED) is 0.478.